The monoisotopic (exact) mass is 426 g/mol. The average Bonchev–Trinajstić information content (AvgIpc) is 3.26. The SMILES string of the molecule is Cc1ccccc1CN(C1CC1)C1CC(C(=O)NCCN)N(C(=O)c2cccs2)C1. The fourth-order valence-corrected chi connectivity index (χ4v) is 5.01. The van der Waals surface area contributed by atoms with Crippen LogP contribution in [0.15, 0.2) is 41.8 Å². The van der Waals surface area contributed by atoms with Crippen LogP contribution in [-0.2, 0) is 11.3 Å². The van der Waals surface area contributed by atoms with E-state index >= 15 is 0 Å². The Kier molecular flexibility index (Phi) is 6.51. The van der Waals surface area contributed by atoms with Crippen molar-refractivity contribution < 1.29 is 9.59 Å². The second kappa shape index (κ2) is 9.29. The van der Waals surface area contributed by atoms with Gasteiger partial charge >= 0.3 is 0 Å². The largest absolute Gasteiger partial charge is 0.353 e. The van der Waals surface area contributed by atoms with Crippen LogP contribution in [0.1, 0.15) is 40.1 Å². The first kappa shape index (κ1) is 21.0. The van der Waals surface area contributed by atoms with E-state index in [0.29, 0.717) is 37.0 Å². The third-order valence-corrected chi connectivity index (χ3v) is 6.97. The predicted molar refractivity (Wildman–Crippen MR) is 119 cm³/mol. The summed E-state index contributed by atoms with van der Waals surface area (Å²) in [6.07, 6.45) is 3.03. The van der Waals surface area contributed by atoms with Gasteiger partial charge in [0.25, 0.3) is 5.91 Å². The molecule has 1 saturated carbocycles. The number of amides is 2. The smallest absolute Gasteiger partial charge is 0.264 e. The van der Waals surface area contributed by atoms with Crippen molar-refractivity contribution in [2.45, 2.75) is 50.9 Å². The number of likely N-dealkylation sites (tertiary alicyclic amines) is 1. The molecule has 2 aliphatic rings. The Hall–Kier alpha value is -2.22. The molecule has 2 amide bonds. The Balaban J connectivity index is 1.56. The molecular weight excluding hydrogens is 396 g/mol. The highest BCUT2D eigenvalue weighted by Gasteiger charge is 2.45. The number of rotatable bonds is 8. The Labute approximate surface area is 182 Å². The number of carbonyl (C=O) groups is 2. The van der Waals surface area contributed by atoms with Gasteiger partial charge in [-0.15, -0.1) is 11.3 Å². The molecule has 2 fully saturated rings. The minimum Gasteiger partial charge on any atom is -0.353 e. The number of nitrogens with one attached hydrogen (secondary N) is 1. The Bertz CT molecular complexity index is 881. The minimum atomic E-state index is -0.450. The first-order valence-corrected chi connectivity index (χ1v) is 11.6. The molecule has 0 spiro atoms. The minimum absolute atomic E-state index is 0.0490. The summed E-state index contributed by atoms with van der Waals surface area (Å²) in [5.74, 6) is -0.147. The van der Waals surface area contributed by atoms with E-state index in [1.54, 1.807) is 4.90 Å². The fourth-order valence-electron chi connectivity index (χ4n) is 4.33. The molecule has 1 aliphatic heterocycles. The van der Waals surface area contributed by atoms with Crippen LogP contribution in [0.3, 0.4) is 0 Å². The number of carbonyl (C=O) groups excluding carboxylic acids is 2. The van der Waals surface area contributed by atoms with E-state index in [2.05, 4.69) is 41.4 Å². The summed E-state index contributed by atoms with van der Waals surface area (Å²) in [5.41, 5.74) is 8.17. The molecule has 6 nitrogen and oxygen atoms in total. The summed E-state index contributed by atoms with van der Waals surface area (Å²) in [6.45, 7) is 4.41. The Morgan fingerprint density at radius 2 is 2.00 bits per heavy atom. The fraction of sp³-hybridized carbons (Fsp3) is 0.478. The number of benzene rings is 1. The van der Waals surface area contributed by atoms with Gasteiger partial charge in [0.2, 0.25) is 5.91 Å². The van der Waals surface area contributed by atoms with E-state index in [4.69, 9.17) is 5.73 Å². The molecule has 1 aromatic heterocycles. The van der Waals surface area contributed by atoms with Crippen LogP contribution < -0.4 is 11.1 Å². The van der Waals surface area contributed by atoms with Crippen LogP contribution in [-0.4, -0.2) is 59.4 Å². The van der Waals surface area contributed by atoms with Gasteiger partial charge in [-0.05, 0) is 48.8 Å². The van der Waals surface area contributed by atoms with Crippen LogP contribution in [0.25, 0.3) is 0 Å². The van der Waals surface area contributed by atoms with Crippen molar-refractivity contribution in [3.05, 3.63) is 57.8 Å². The van der Waals surface area contributed by atoms with Gasteiger partial charge in [-0.25, -0.2) is 0 Å². The van der Waals surface area contributed by atoms with Crippen LogP contribution in [0, 0.1) is 6.92 Å². The molecule has 1 aliphatic carbocycles. The van der Waals surface area contributed by atoms with E-state index in [1.165, 1.54) is 35.3 Å². The van der Waals surface area contributed by atoms with Crippen molar-refractivity contribution in [3.8, 4) is 0 Å². The topological polar surface area (TPSA) is 78.7 Å². The normalized spacial score (nSPS) is 21.2. The van der Waals surface area contributed by atoms with Gasteiger partial charge in [0.05, 0.1) is 4.88 Å². The second-order valence-electron chi connectivity index (χ2n) is 8.25. The first-order valence-electron chi connectivity index (χ1n) is 10.7. The van der Waals surface area contributed by atoms with Crippen molar-refractivity contribution in [3.63, 3.8) is 0 Å². The zero-order valence-corrected chi connectivity index (χ0v) is 18.2. The van der Waals surface area contributed by atoms with Crippen molar-refractivity contribution in [2.75, 3.05) is 19.6 Å². The van der Waals surface area contributed by atoms with Gasteiger partial charge in [-0.2, -0.15) is 0 Å². The molecule has 7 heteroatoms. The molecule has 1 aromatic carbocycles. The molecule has 2 heterocycles. The molecule has 0 radical (unpaired) electrons. The predicted octanol–water partition coefficient (Wildman–Crippen LogP) is 2.38. The molecular formula is C23H30N4O2S. The number of hydrogen-bond donors (Lipinski definition) is 2. The zero-order chi connectivity index (χ0) is 21.1. The van der Waals surface area contributed by atoms with Crippen molar-refractivity contribution in [1.82, 2.24) is 15.1 Å². The summed E-state index contributed by atoms with van der Waals surface area (Å²) in [5, 5.41) is 4.80. The lowest BCUT2D eigenvalue weighted by Gasteiger charge is -2.29. The molecule has 4 rings (SSSR count). The summed E-state index contributed by atoms with van der Waals surface area (Å²) < 4.78 is 0. The lowest BCUT2D eigenvalue weighted by atomic mass is 10.1. The van der Waals surface area contributed by atoms with Crippen molar-refractivity contribution >= 4 is 23.2 Å². The van der Waals surface area contributed by atoms with E-state index < -0.39 is 6.04 Å². The lowest BCUT2D eigenvalue weighted by Crippen LogP contribution is -2.46. The number of nitrogens with zero attached hydrogens (tertiary/aromatic N) is 2. The molecule has 160 valence electrons. The number of aryl methyl sites for hydroxylation is 1. The Morgan fingerprint density at radius 3 is 2.67 bits per heavy atom. The molecule has 0 bridgehead atoms. The first-order chi connectivity index (χ1) is 14.6. The maximum atomic E-state index is 13.2. The van der Waals surface area contributed by atoms with Crippen LogP contribution in [0.2, 0.25) is 0 Å². The van der Waals surface area contributed by atoms with Gasteiger partial charge in [-0.1, -0.05) is 30.3 Å². The molecule has 3 N–H and O–H groups in total. The molecule has 2 aromatic rings. The van der Waals surface area contributed by atoms with Gasteiger partial charge in [0.15, 0.2) is 0 Å². The number of hydrogen-bond acceptors (Lipinski definition) is 5. The Morgan fingerprint density at radius 1 is 1.20 bits per heavy atom. The number of thiophene rings is 1. The summed E-state index contributed by atoms with van der Waals surface area (Å²) in [7, 11) is 0. The van der Waals surface area contributed by atoms with Gasteiger partial charge in [0, 0.05) is 38.3 Å². The quantitative estimate of drug-likeness (QED) is 0.679. The van der Waals surface area contributed by atoms with Crippen LogP contribution in [0.5, 0.6) is 0 Å². The summed E-state index contributed by atoms with van der Waals surface area (Å²) in [6, 6.07) is 12.4. The van der Waals surface area contributed by atoms with E-state index in [0.717, 1.165) is 6.54 Å². The van der Waals surface area contributed by atoms with E-state index in [1.807, 2.05) is 17.5 Å². The highest BCUT2D eigenvalue weighted by Crippen LogP contribution is 2.35. The van der Waals surface area contributed by atoms with Crippen LogP contribution in [0.4, 0.5) is 0 Å². The van der Waals surface area contributed by atoms with E-state index in [9.17, 15) is 9.59 Å². The van der Waals surface area contributed by atoms with Crippen molar-refractivity contribution in [1.29, 1.82) is 0 Å². The third-order valence-electron chi connectivity index (χ3n) is 6.12. The summed E-state index contributed by atoms with van der Waals surface area (Å²) in [4.78, 5) is 31.0. The van der Waals surface area contributed by atoms with E-state index in [-0.39, 0.29) is 17.9 Å². The highest BCUT2D eigenvalue weighted by atomic mass is 32.1. The molecule has 2 unspecified atom stereocenters. The second-order valence-corrected chi connectivity index (χ2v) is 9.20. The maximum absolute atomic E-state index is 13.2. The third kappa shape index (κ3) is 4.58. The zero-order valence-electron chi connectivity index (χ0n) is 17.4. The maximum Gasteiger partial charge on any atom is 0.264 e. The molecule has 1 saturated heterocycles. The van der Waals surface area contributed by atoms with Gasteiger partial charge in [-0.3, -0.25) is 14.5 Å². The molecule has 30 heavy (non-hydrogen) atoms. The molecule has 2 atom stereocenters. The van der Waals surface area contributed by atoms with Crippen molar-refractivity contribution in [2.24, 2.45) is 5.73 Å². The van der Waals surface area contributed by atoms with Crippen LogP contribution >= 0.6 is 11.3 Å². The highest BCUT2D eigenvalue weighted by molar-refractivity contribution is 7.12. The summed E-state index contributed by atoms with van der Waals surface area (Å²) >= 11 is 1.43. The van der Waals surface area contributed by atoms with Gasteiger partial charge < -0.3 is 16.0 Å². The standard InChI is InChI=1S/C23H30N4O2S/c1-16-5-2-3-6-17(16)14-26(18-8-9-18)19-13-20(22(28)25-11-10-24)27(15-19)23(29)21-7-4-12-30-21/h2-7,12,18-20H,8-11,13-15,24H2,1H3,(H,25,28). The average molecular weight is 427 g/mol. The number of nitrogens with two attached hydrogens (primary N) is 1. The lowest BCUT2D eigenvalue weighted by molar-refractivity contribution is -0.124. The van der Waals surface area contributed by atoms with Gasteiger partial charge in [0.1, 0.15) is 6.04 Å².